The minimum Gasteiger partial charge on any atom is -0.405 e. The van der Waals surface area contributed by atoms with Crippen molar-refractivity contribution in [3.05, 3.63) is 21.5 Å². The molecule has 0 saturated heterocycles. The Morgan fingerprint density at radius 3 is 2.73 bits per heavy atom. The average Bonchev–Trinajstić information content (AvgIpc) is 2.09. The first-order valence-electron chi connectivity index (χ1n) is 3.69. The highest BCUT2D eigenvalue weighted by atomic mass is 127. The molecule has 80 valence electrons. The van der Waals surface area contributed by atoms with E-state index >= 15 is 0 Å². The lowest BCUT2D eigenvalue weighted by molar-refractivity contribution is -0.275. The van der Waals surface area contributed by atoms with Gasteiger partial charge in [-0.05, 0) is 22.6 Å². The van der Waals surface area contributed by atoms with Crippen molar-refractivity contribution in [3.8, 4) is 11.8 Å². The molecular formula is C8H4F3IN2O. The van der Waals surface area contributed by atoms with Crippen molar-refractivity contribution in [3.63, 3.8) is 0 Å². The second-order valence-electron chi connectivity index (χ2n) is 2.49. The molecule has 0 saturated carbocycles. The Morgan fingerprint density at radius 2 is 2.20 bits per heavy atom. The third kappa shape index (κ3) is 3.91. The van der Waals surface area contributed by atoms with Crippen LogP contribution in [0.3, 0.4) is 0 Å². The highest BCUT2D eigenvalue weighted by molar-refractivity contribution is 14.1. The normalized spacial score (nSPS) is 10.9. The smallest absolute Gasteiger partial charge is 0.405 e. The van der Waals surface area contributed by atoms with Gasteiger partial charge in [0.25, 0.3) is 0 Å². The minimum atomic E-state index is -4.73. The predicted molar refractivity (Wildman–Crippen MR) is 53.0 cm³/mol. The SMILES string of the molecule is N#CCc1cc(OC(F)(F)F)c(I)cn1. The van der Waals surface area contributed by atoms with E-state index in [0.29, 0.717) is 0 Å². The first-order valence-corrected chi connectivity index (χ1v) is 4.77. The molecule has 0 aliphatic carbocycles. The third-order valence-corrected chi connectivity index (χ3v) is 2.17. The summed E-state index contributed by atoms with van der Waals surface area (Å²) in [6.45, 7) is 0. The Bertz CT molecular complexity index is 400. The van der Waals surface area contributed by atoms with E-state index in [2.05, 4.69) is 9.72 Å². The summed E-state index contributed by atoms with van der Waals surface area (Å²) < 4.78 is 39.8. The Labute approximate surface area is 97.0 Å². The van der Waals surface area contributed by atoms with Crippen molar-refractivity contribution in [1.82, 2.24) is 4.98 Å². The molecule has 0 aromatic carbocycles. The van der Waals surface area contributed by atoms with Crippen LogP contribution in [0.15, 0.2) is 12.3 Å². The van der Waals surface area contributed by atoms with E-state index in [9.17, 15) is 13.2 Å². The van der Waals surface area contributed by atoms with Crippen molar-refractivity contribution in [2.24, 2.45) is 0 Å². The molecule has 15 heavy (non-hydrogen) atoms. The maximum Gasteiger partial charge on any atom is 0.573 e. The minimum absolute atomic E-state index is 0.0505. The maximum absolute atomic E-state index is 11.9. The fourth-order valence-electron chi connectivity index (χ4n) is 0.841. The molecule has 0 unspecified atom stereocenters. The van der Waals surface area contributed by atoms with E-state index in [1.54, 1.807) is 28.7 Å². The van der Waals surface area contributed by atoms with Crippen molar-refractivity contribution in [2.75, 3.05) is 0 Å². The summed E-state index contributed by atoms with van der Waals surface area (Å²) in [4.78, 5) is 3.78. The van der Waals surface area contributed by atoms with Crippen LogP contribution in [0.2, 0.25) is 0 Å². The fraction of sp³-hybridized carbons (Fsp3) is 0.250. The fourth-order valence-corrected chi connectivity index (χ4v) is 1.25. The van der Waals surface area contributed by atoms with Gasteiger partial charge in [0, 0.05) is 12.3 Å². The van der Waals surface area contributed by atoms with Gasteiger partial charge in [0.1, 0.15) is 5.75 Å². The molecule has 0 aliphatic heterocycles. The molecule has 0 spiro atoms. The van der Waals surface area contributed by atoms with E-state index in [4.69, 9.17) is 5.26 Å². The van der Waals surface area contributed by atoms with Gasteiger partial charge in [0.2, 0.25) is 0 Å². The van der Waals surface area contributed by atoms with Gasteiger partial charge in [-0.25, -0.2) is 0 Å². The van der Waals surface area contributed by atoms with Crippen LogP contribution in [0.1, 0.15) is 5.69 Å². The molecule has 0 amide bonds. The van der Waals surface area contributed by atoms with E-state index in [-0.39, 0.29) is 21.4 Å². The lowest BCUT2D eigenvalue weighted by Gasteiger charge is -2.10. The molecule has 0 radical (unpaired) electrons. The topological polar surface area (TPSA) is 45.9 Å². The summed E-state index contributed by atoms with van der Waals surface area (Å²) in [5, 5.41) is 8.36. The van der Waals surface area contributed by atoms with E-state index in [1.165, 1.54) is 6.20 Å². The number of aromatic nitrogens is 1. The van der Waals surface area contributed by atoms with E-state index in [0.717, 1.165) is 6.07 Å². The van der Waals surface area contributed by atoms with Gasteiger partial charge in [-0.2, -0.15) is 5.26 Å². The van der Waals surface area contributed by atoms with Gasteiger partial charge in [-0.3, -0.25) is 4.98 Å². The monoisotopic (exact) mass is 328 g/mol. The molecule has 0 N–H and O–H groups in total. The molecule has 0 atom stereocenters. The Kier molecular flexibility index (Phi) is 3.73. The molecule has 1 rings (SSSR count). The number of hydrogen-bond acceptors (Lipinski definition) is 3. The first-order chi connectivity index (χ1) is 6.92. The number of alkyl halides is 3. The van der Waals surface area contributed by atoms with Crippen LogP contribution in [-0.2, 0) is 6.42 Å². The Hall–Kier alpha value is -1.04. The largest absolute Gasteiger partial charge is 0.573 e. The second-order valence-corrected chi connectivity index (χ2v) is 3.65. The van der Waals surface area contributed by atoms with Crippen molar-refractivity contribution < 1.29 is 17.9 Å². The van der Waals surface area contributed by atoms with Crippen molar-refractivity contribution in [1.29, 1.82) is 5.26 Å². The number of hydrogen-bond donors (Lipinski definition) is 0. The molecule has 3 nitrogen and oxygen atoms in total. The van der Waals surface area contributed by atoms with E-state index < -0.39 is 6.36 Å². The second kappa shape index (κ2) is 4.65. The predicted octanol–water partition coefficient (Wildman–Crippen LogP) is 2.65. The van der Waals surface area contributed by atoms with Gasteiger partial charge in [-0.1, -0.05) is 0 Å². The molecule has 0 fully saturated rings. The zero-order valence-electron chi connectivity index (χ0n) is 7.18. The van der Waals surface area contributed by atoms with Crippen LogP contribution in [0.25, 0.3) is 0 Å². The van der Waals surface area contributed by atoms with Gasteiger partial charge in [0.15, 0.2) is 0 Å². The van der Waals surface area contributed by atoms with Crippen molar-refractivity contribution >= 4 is 22.6 Å². The standard InChI is InChI=1S/C8H4F3IN2O/c9-8(10,11)15-7-3-5(1-2-13)14-4-6(7)12/h3-4H,1H2. The van der Waals surface area contributed by atoms with Crippen LogP contribution < -0.4 is 4.74 Å². The Balaban J connectivity index is 2.96. The molecule has 7 heteroatoms. The summed E-state index contributed by atoms with van der Waals surface area (Å²) in [6.07, 6.45) is -3.55. The number of ether oxygens (including phenoxy) is 1. The number of halogens is 4. The average molecular weight is 328 g/mol. The van der Waals surface area contributed by atoms with E-state index in [1.807, 2.05) is 0 Å². The summed E-state index contributed by atoms with van der Waals surface area (Å²) >= 11 is 1.68. The third-order valence-electron chi connectivity index (χ3n) is 1.36. The van der Waals surface area contributed by atoms with Gasteiger partial charge < -0.3 is 4.74 Å². The number of nitrogens with zero attached hydrogens (tertiary/aromatic N) is 2. The number of rotatable bonds is 2. The highest BCUT2D eigenvalue weighted by Crippen LogP contribution is 2.27. The van der Waals surface area contributed by atoms with Gasteiger partial charge in [-0.15, -0.1) is 13.2 Å². The van der Waals surface area contributed by atoms with Crippen LogP contribution in [0, 0.1) is 14.9 Å². The molecular weight excluding hydrogens is 324 g/mol. The van der Waals surface area contributed by atoms with Crippen molar-refractivity contribution in [2.45, 2.75) is 12.8 Å². The first kappa shape index (κ1) is 12.0. The molecule has 0 bridgehead atoms. The number of pyridine rings is 1. The molecule has 0 aliphatic rings. The number of nitriles is 1. The Morgan fingerprint density at radius 1 is 1.53 bits per heavy atom. The van der Waals surface area contributed by atoms with Gasteiger partial charge in [0.05, 0.1) is 21.8 Å². The molecule has 1 heterocycles. The zero-order valence-corrected chi connectivity index (χ0v) is 9.33. The zero-order chi connectivity index (χ0) is 11.5. The quantitative estimate of drug-likeness (QED) is 0.784. The van der Waals surface area contributed by atoms with Gasteiger partial charge >= 0.3 is 6.36 Å². The summed E-state index contributed by atoms with van der Waals surface area (Å²) in [7, 11) is 0. The molecule has 1 aromatic heterocycles. The summed E-state index contributed by atoms with van der Waals surface area (Å²) in [6, 6.07) is 2.90. The summed E-state index contributed by atoms with van der Waals surface area (Å²) in [5.41, 5.74) is 0.247. The molecule has 1 aromatic rings. The lowest BCUT2D eigenvalue weighted by Crippen LogP contribution is -2.18. The summed E-state index contributed by atoms with van der Waals surface area (Å²) in [5.74, 6) is -0.330. The lowest BCUT2D eigenvalue weighted by atomic mass is 10.3. The van der Waals surface area contributed by atoms with Crippen LogP contribution >= 0.6 is 22.6 Å². The van der Waals surface area contributed by atoms with Crippen LogP contribution in [0.4, 0.5) is 13.2 Å². The highest BCUT2D eigenvalue weighted by Gasteiger charge is 2.32. The van der Waals surface area contributed by atoms with Crippen LogP contribution in [0.5, 0.6) is 5.75 Å². The van der Waals surface area contributed by atoms with Crippen LogP contribution in [-0.4, -0.2) is 11.3 Å². The maximum atomic E-state index is 11.9.